The van der Waals surface area contributed by atoms with E-state index in [0.29, 0.717) is 24.1 Å². The van der Waals surface area contributed by atoms with Crippen molar-refractivity contribution in [2.45, 2.75) is 17.7 Å². The first-order valence-electron chi connectivity index (χ1n) is 5.43. The Labute approximate surface area is 116 Å². The second-order valence-electron chi connectivity index (χ2n) is 4.17. The lowest BCUT2D eigenvalue weighted by Gasteiger charge is -2.27. The summed E-state index contributed by atoms with van der Waals surface area (Å²) in [5.74, 6) is -0.881. The summed E-state index contributed by atoms with van der Waals surface area (Å²) in [5, 5.41) is 0. The molecule has 0 aromatic heterocycles. The molecule has 1 saturated heterocycles. The topological polar surface area (TPSA) is 9.23 Å². The number of hydrogen-bond acceptors (Lipinski definition) is 1. The molecule has 2 atom stereocenters. The van der Waals surface area contributed by atoms with Crippen molar-refractivity contribution in [3.63, 3.8) is 0 Å². The van der Waals surface area contributed by atoms with Crippen molar-refractivity contribution in [1.29, 1.82) is 0 Å². The minimum atomic E-state index is -0.504. The number of benzene rings is 1. The van der Waals surface area contributed by atoms with E-state index in [1.807, 2.05) is 0 Å². The number of halogens is 4. The molecule has 17 heavy (non-hydrogen) atoms. The van der Waals surface area contributed by atoms with E-state index in [1.165, 1.54) is 12.1 Å². The Morgan fingerprint density at radius 2 is 2.12 bits per heavy atom. The summed E-state index contributed by atoms with van der Waals surface area (Å²) in [4.78, 5) is 0.258. The van der Waals surface area contributed by atoms with Gasteiger partial charge in [0, 0.05) is 17.0 Å². The first-order chi connectivity index (χ1) is 8.09. The number of alkyl halides is 1. The average molecular weight is 370 g/mol. The number of hydrogen-bond donors (Lipinski definition) is 0. The SMILES string of the molecule is Fc1ccc(Br)c(F)c1CC1COCCC1Br. The van der Waals surface area contributed by atoms with E-state index in [1.54, 1.807) is 0 Å². The van der Waals surface area contributed by atoms with Crippen LogP contribution in [0.15, 0.2) is 16.6 Å². The first-order valence-corrected chi connectivity index (χ1v) is 7.14. The molecule has 1 aliphatic rings. The van der Waals surface area contributed by atoms with Crippen LogP contribution < -0.4 is 0 Å². The van der Waals surface area contributed by atoms with Gasteiger partial charge < -0.3 is 4.74 Å². The Kier molecular flexibility index (Phi) is 4.55. The van der Waals surface area contributed by atoms with Gasteiger partial charge in [-0.2, -0.15) is 0 Å². The van der Waals surface area contributed by atoms with E-state index in [4.69, 9.17) is 4.74 Å². The maximum absolute atomic E-state index is 13.8. The highest BCUT2D eigenvalue weighted by molar-refractivity contribution is 9.10. The standard InChI is InChI=1S/C12H12Br2F2O/c13-9-3-4-17-6-7(9)5-8-11(15)2-1-10(14)12(8)16/h1-2,7,9H,3-6H2. The first kappa shape index (κ1) is 13.4. The van der Waals surface area contributed by atoms with Crippen LogP contribution in [0.25, 0.3) is 0 Å². The van der Waals surface area contributed by atoms with Crippen molar-refractivity contribution in [2.75, 3.05) is 13.2 Å². The van der Waals surface area contributed by atoms with Gasteiger partial charge in [-0.3, -0.25) is 0 Å². The van der Waals surface area contributed by atoms with Crippen molar-refractivity contribution in [2.24, 2.45) is 5.92 Å². The predicted octanol–water partition coefficient (Wildman–Crippen LogP) is 4.07. The predicted molar refractivity (Wildman–Crippen MR) is 69.4 cm³/mol. The molecule has 0 bridgehead atoms. The molecule has 0 amide bonds. The molecule has 1 aliphatic heterocycles. The summed E-state index contributed by atoms with van der Waals surface area (Å²) < 4.78 is 33.0. The fourth-order valence-electron chi connectivity index (χ4n) is 1.98. The van der Waals surface area contributed by atoms with Crippen LogP contribution in [0.4, 0.5) is 8.78 Å². The van der Waals surface area contributed by atoms with Crippen molar-refractivity contribution < 1.29 is 13.5 Å². The quantitative estimate of drug-likeness (QED) is 0.564. The van der Waals surface area contributed by atoms with Crippen LogP contribution >= 0.6 is 31.9 Å². The van der Waals surface area contributed by atoms with Crippen molar-refractivity contribution in [3.8, 4) is 0 Å². The molecule has 5 heteroatoms. The molecule has 0 radical (unpaired) electrons. The van der Waals surface area contributed by atoms with Gasteiger partial charge in [-0.1, -0.05) is 15.9 Å². The van der Waals surface area contributed by atoms with Crippen molar-refractivity contribution >= 4 is 31.9 Å². The normalized spacial score (nSPS) is 24.9. The van der Waals surface area contributed by atoms with Crippen LogP contribution in [0.3, 0.4) is 0 Å². The molecule has 0 saturated carbocycles. The third-order valence-corrected chi connectivity index (χ3v) is 4.80. The fourth-order valence-corrected chi connectivity index (χ4v) is 2.87. The minimum absolute atomic E-state index is 0.113. The Balaban J connectivity index is 2.20. The van der Waals surface area contributed by atoms with E-state index >= 15 is 0 Å². The summed E-state index contributed by atoms with van der Waals surface area (Å²) in [6, 6.07) is 2.67. The lowest BCUT2D eigenvalue weighted by Crippen LogP contribution is -2.30. The van der Waals surface area contributed by atoms with E-state index in [9.17, 15) is 8.78 Å². The highest BCUT2D eigenvalue weighted by Crippen LogP contribution is 2.29. The summed E-state index contributed by atoms with van der Waals surface area (Å²) in [7, 11) is 0. The molecule has 1 aromatic carbocycles. The molecular weight excluding hydrogens is 358 g/mol. The smallest absolute Gasteiger partial charge is 0.143 e. The summed E-state index contributed by atoms with van der Waals surface area (Å²) in [5.41, 5.74) is 0.138. The molecule has 0 spiro atoms. The van der Waals surface area contributed by atoms with E-state index in [-0.39, 0.29) is 16.3 Å². The average Bonchev–Trinajstić information content (AvgIpc) is 2.32. The molecule has 1 heterocycles. The third-order valence-electron chi connectivity index (χ3n) is 2.99. The third kappa shape index (κ3) is 3.06. The Morgan fingerprint density at radius 3 is 2.82 bits per heavy atom. The zero-order valence-electron chi connectivity index (χ0n) is 9.06. The van der Waals surface area contributed by atoms with Crippen molar-refractivity contribution in [3.05, 3.63) is 33.8 Å². The van der Waals surface area contributed by atoms with Crippen LogP contribution in [0.5, 0.6) is 0 Å². The van der Waals surface area contributed by atoms with Crippen molar-refractivity contribution in [1.82, 2.24) is 0 Å². The molecule has 94 valence electrons. The molecule has 2 unspecified atom stereocenters. The lowest BCUT2D eigenvalue weighted by atomic mass is 9.93. The van der Waals surface area contributed by atoms with Gasteiger partial charge in [-0.15, -0.1) is 0 Å². The van der Waals surface area contributed by atoms with E-state index in [2.05, 4.69) is 31.9 Å². The molecule has 2 rings (SSSR count). The van der Waals surface area contributed by atoms with Crippen LogP contribution in [0.2, 0.25) is 0 Å². The molecule has 1 nitrogen and oxygen atoms in total. The van der Waals surface area contributed by atoms with Crippen LogP contribution in [0, 0.1) is 17.6 Å². The Bertz CT molecular complexity index is 412. The van der Waals surface area contributed by atoms with Gasteiger partial charge in [-0.25, -0.2) is 8.78 Å². The van der Waals surface area contributed by atoms with Gasteiger partial charge >= 0.3 is 0 Å². The van der Waals surface area contributed by atoms with Gasteiger partial charge in [0.05, 0.1) is 11.1 Å². The maximum atomic E-state index is 13.8. The van der Waals surface area contributed by atoms with Gasteiger partial charge in [-0.05, 0) is 46.8 Å². The highest BCUT2D eigenvalue weighted by atomic mass is 79.9. The van der Waals surface area contributed by atoms with Crippen LogP contribution in [-0.2, 0) is 11.2 Å². The van der Waals surface area contributed by atoms with Gasteiger partial charge in [0.15, 0.2) is 0 Å². The molecule has 1 aromatic rings. The van der Waals surface area contributed by atoms with Crippen LogP contribution in [0.1, 0.15) is 12.0 Å². The maximum Gasteiger partial charge on any atom is 0.143 e. The molecule has 0 N–H and O–H groups in total. The second kappa shape index (κ2) is 5.76. The molecule has 0 aliphatic carbocycles. The highest BCUT2D eigenvalue weighted by Gasteiger charge is 2.26. The summed E-state index contributed by atoms with van der Waals surface area (Å²) >= 11 is 6.62. The van der Waals surface area contributed by atoms with Gasteiger partial charge in [0.1, 0.15) is 11.6 Å². The van der Waals surface area contributed by atoms with Gasteiger partial charge in [0.2, 0.25) is 0 Å². The summed E-state index contributed by atoms with van der Waals surface area (Å²) in [6.45, 7) is 1.25. The van der Waals surface area contributed by atoms with Crippen LogP contribution in [-0.4, -0.2) is 18.0 Å². The largest absolute Gasteiger partial charge is 0.381 e. The number of rotatable bonds is 2. The van der Waals surface area contributed by atoms with E-state index < -0.39 is 11.6 Å². The Hall–Kier alpha value is -0.000000000000000111. The van der Waals surface area contributed by atoms with E-state index in [0.717, 1.165) is 6.42 Å². The second-order valence-corrected chi connectivity index (χ2v) is 6.20. The monoisotopic (exact) mass is 368 g/mol. The molecular formula is C12H12Br2F2O. The minimum Gasteiger partial charge on any atom is -0.381 e. The zero-order chi connectivity index (χ0) is 12.4. The number of ether oxygens (including phenoxy) is 1. The fraction of sp³-hybridized carbons (Fsp3) is 0.500. The zero-order valence-corrected chi connectivity index (χ0v) is 12.2. The molecule has 1 fully saturated rings. The Morgan fingerprint density at radius 1 is 1.35 bits per heavy atom. The van der Waals surface area contributed by atoms with Gasteiger partial charge in [0.25, 0.3) is 0 Å². The summed E-state index contributed by atoms with van der Waals surface area (Å²) in [6.07, 6.45) is 1.23. The lowest BCUT2D eigenvalue weighted by molar-refractivity contribution is 0.0599.